The van der Waals surface area contributed by atoms with Crippen molar-refractivity contribution in [3.8, 4) is 0 Å². The van der Waals surface area contributed by atoms with Crippen LogP contribution in [0.25, 0.3) is 21.9 Å². The molecule has 1 fully saturated rings. The number of benzene rings is 1. The van der Waals surface area contributed by atoms with Crippen LogP contribution < -0.4 is 0 Å². The van der Waals surface area contributed by atoms with Gasteiger partial charge in [0.15, 0.2) is 0 Å². The second-order valence-electron chi connectivity index (χ2n) is 5.48. The van der Waals surface area contributed by atoms with Gasteiger partial charge in [-0.15, -0.1) is 11.6 Å². The minimum Gasteiger partial charge on any atom is -0.323 e. The van der Waals surface area contributed by atoms with Gasteiger partial charge in [0.25, 0.3) is 0 Å². The number of rotatable bonds is 2. The lowest BCUT2D eigenvalue weighted by Gasteiger charge is -2.16. The van der Waals surface area contributed by atoms with E-state index in [2.05, 4.69) is 27.8 Å². The number of para-hydroxylation sites is 1. The van der Waals surface area contributed by atoms with Crippen molar-refractivity contribution in [1.82, 2.24) is 14.5 Å². The molecule has 1 aliphatic rings. The highest BCUT2D eigenvalue weighted by Gasteiger charge is 2.23. The van der Waals surface area contributed by atoms with Crippen LogP contribution in [0.1, 0.15) is 37.5 Å². The quantitative estimate of drug-likeness (QED) is 0.652. The van der Waals surface area contributed by atoms with E-state index in [1.165, 1.54) is 36.6 Å². The average molecular weight is 286 g/mol. The Balaban J connectivity index is 2.09. The maximum atomic E-state index is 6.13. The van der Waals surface area contributed by atoms with E-state index in [9.17, 15) is 0 Å². The van der Waals surface area contributed by atoms with E-state index in [1.807, 2.05) is 12.3 Å². The van der Waals surface area contributed by atoms with E-state index < -0.39 is 0 Å². The molecule has 0 atom stereocenters. The van der Waals surface area contributed by atoms with E-state index in [0.717, 1.165) is 16.9 Å². The Bertz CT molecular complexity index is 772. The summed E-state index contributed by atoms with van der Waals surface area (Å²) >= 11 is 6.13. The summed E-state index contributed by atoms with van der Waals surface area (Å²) in [7, 11) is 0. The number of pyridine rings is 1. The van der Waals surface area contributed by atoms with Crippen molar-refractivity contribution in [3.63, 3.8) is 0 Å². The fraction of sp³-hybridized carbons (Fsp3) is 0.375. The number of hydrogen-bond donors (Lipinski definition) is 0. The minimum atomic E-state index is 0.458. The SMILES string of the molecule is ClCc1nc2cnc3ccccc3c2n1C1CCCC1. The summed E-state index contributed by atoms with van der Waals surface area (Å²) in [5.74, 6) is 1.44. The van der Waals surface area contributed by atoms with Crippen LogP contribution in [0.5, 0.6) is 0 Å². The molecule has 4 heteroatoms. The molecule has 0 amide bonds. The third-order valence-electron chi connectivity index (χ3n) is 4.31. The highest BCUT2D eigenvalue weighted by Crippen LogP contribution is 2.36. The second-order valence-corrected chi connectivity index (χ2v) is 5.75. The van der Waals surface area contributed by atoms with Crippen molar-refractivity contribution in [2.45, 2.75) is 37.6 Å². The fourth-order valence-electron chi connectivity index (χ4n) is 3.42. The standard InChI is InChI=1S/C16H16ClN3/c17-9-15-19-14-10-18-13-8-4-3-7-12(13)16(14)20(15)11-5-1-2-6-11/h3-4,7-8,10-11H,1-2,5-6,9H2. The molecule has 1 saturated carbocycles. The Labute approximate surface area is 122 Å². The Morgan fingerprint density at radius 1 is 1.15 bits per heavy atom. The molecule has 4 rings (SSSR count). The summed E-state index contributed by atoms with van der Waals surface area (Å²) in [5.41, 5.74) is 3.20. The molecular weight excluding hydrogens is 270 g/mol. The third kappa shape index (κ3) is 1.73. The summed E-state index contributed by atoms with van der Waals surface area (Å²) in [6.45, 7) is 0. The van der Waals surface area contributed by atoms with Crippen LogP contribution in [-0.2, 0) is 5.88 Å². The van der Waals surface area contributed by atoms with Gasteiger partial charge in [-0.05, 0) is 18.9 Å². The van der Waals surface area contributed by atoms with Crippen LogP contribution in [0.4, 0.5) is 0 Å². The Morgan fingerprint density at radius 3 is 2.75 bits per heavy atom. The average Bonchev–Trinajstić information content (AvgIpc) is 3.13. The summed E-state index contributed by atoms with van der Waals surface area (Å²) in [5, 5.41) is 1.18. The first-order valence-electron chi connectivity index (χ1n) is 7.19. The third-order valence-corrected chi connectivity index (χ3v) is 4.54. The Morgan fingerprint density at radius 2 is 1.95 bits per heavy atom. The summed E-state index contributed by atoms with van der Waals surface area (Å²) in [4.78, 5) is 9.20. The first-order valence-corrected chi connectivity index (χ1v) is 7.72. The van der Waals surface area contributed by atoms with Gasteiger partial charge < -0.3 is 4.57 Å². The number of fused-ring (bicyclic) bond motifs is 3. The van der Waals surface area contributed by atoms with E-state index in [4.69, 9.17) is 16.6 Å². The minimum absolute atomic E-state index is 0.458. The number of imidazole rings is 1. The zero-order valence-electron chi connectivity index (χ0n) is 11.2. The monoisotopic (exact) mass is 285 g/mol. The molecule has 1 aliphatic carbocycles. The van der Waals surface area contributed by atoms with Crippen molar-refractivity contribution < 1.29 is 0 Å². The number of aromatic nitrogens is 3. The zero-order chi connectivity index (χ0) is 13.5. The number of nitrogens with zero attached hydrogens (tertiary/aromatic N) is 3. The topological polar surface area (TPSA) is 30.7 Å². The van der Waals surface area contributed by atoms with Crippen LogP contribution in [0.2, 0.25) is 0 Å². The molecule has 0 N–H and O–H groups in total. The van der Waals surface area contributed by atoms with Gasteiger partial charge in [0, 0.05) is 11.4 Å². The molecule has 102 valence electrons. The molecule has 2 aromatic heterocycles. The van der Waals surface area contributed by atoms with E-state index in [1.54, 1.807) is 0 Å². The van der Waals surface area contributed by atoms with Gasteiger partial charge in [-0.2, -0.15) is 0 Å². The Kier molecular flexibility index (Phi) is 2.88. The molecule has 0 bridgehead atoms. The molecule has 0 saturated heterocycles. The molecule has 3 aromatic rings. The first kappa shape index (κ1) is 12.2. The van der Waals surface area contributed by atoms with Crippen LogP contribution in [-0.4, -0.2) is 14.5 Å². The van der Waals surface area contributed by atoms with Crippen molar-refractivity contribution in [1.29, 1.82) is 0 Å². The van der Waals surface area contributed by atoms with Crippen molar-refractivity contribution in [2.75, 3.05) is 0 Å². The molecular formula is C16H16ClN3. The molecule has 3 nitrogen and oxygen atoms in total. The van der Waals surface area contributed by atoms with Crippen molar-refractivity contribution >= 4 is 33.5 Å². The van der Waals surface area contributed by atoms with Crippen molar-refractivity contribution in [3.05, 3.63) is 36.3 Å². The second kappa shape index (κ2) is 4.74. The molecule has 1 aromatic carbocycles. The molecule has 20 heavy (non-hydrogen) atoms. The molecule has 2 heterocycles. The van der Waals surface area contributed by atoms with Crippen LogP contribution in [0, 0.1) is 0 Å². The number of alkyl halides is 1. The summed E-state index contributed by atoms with van der Waals surface area (Å²) in [6, 6.07) is 8.83. The smallest absolute Gasteiger partial charge is 0.125 e. The normalized spacial score (nSPS) is 16.4. The van der Waals surface area contributed by atoms with Gasteiger partial charge in [-0.1, -0.05) is 31.0 Å². The van der Waals surface area contributed by atoms with Crippen LogP contribution in [0.15, 0.2) is 30.5 Å². The van der Waals surface area contributed by atoms with E-state index >= 15 is 0 Å². The summed E-state index contributed by atoms with van der Waals surface area (Å²) < 4.78 is 2.37. The highest BCUT2D eigenvalue weighted by molar-refractivity contribution is 6.17. The van der Waals surface area contributed by atoms with Crippen molar-refractivity contribution in [2.24, 2.45) is 0 Å². The molecule has 0 radical (unpaired) electrons. The lowest BCUT2D eigenvalue weighted by molar-refractivity contribution is 0.519. The lowest BCUT2D eigenvalue weighted by atomic mass is 10.1. The van der Waals surface area contributed by atoms with Gasteiger partial charge in [0.05, 0.1) is 23.1 Å². The lowest BCUT2D eigenvalue weighted by Crippen LogP contribution is -2.08. The maximum absolute atomic E-state index is 6.13. The maximum Gasteiger partial charge on any atom is 0.125 e. The molecule has 0 unspecified atom stereocenters. The van der Waals surface area contributed by atoms with Gasteiger partial charge in [-0.3, -0.25) is 4.98 Å². The predicted molar refractivity (Wildman–Crippen MR) is 82.1 cm³/mol. The van der Waals surface area contributed by atoms with E-state index in [0.29, 0.717) is 11.9 Å². The Hall–Kier alpha value is -1.61. The largest absolute Gasteiger partial charge is 0.323 e. The summed E-state index contributed by atoms with van der Waals surface area (Å²) in [6.07, 6.45) is 6.93. The molecule has 0 spiro atoms. The van der Waals surface area contributed by atoms with E-state index in [-0.39, 0.29) is 0 Å². The fourth-order valence-corrected chi connectivity index (χ4v) is 3.61. The molecule has 0 aliphatic heterocycles. The number of hydrogen-bond acceptors (Lipinski definition) is 2. The highest BCUT2D eigenvalue weighted by atomic mass is 35.5. The van der Waals surface area contributed by atoms with Crippen LogP contribution in [0.3, 0.4) is 0 Å². The van der Waals surface area contributed by atoms with Gasteiger partial charge in [0.1, 0.15) is 11.3 Å². The van der Waals surface area contributed by atoms with Crippen LogP contribution >= 0.6 is 11.6 Å². The van der Waals surface area contributed by atoms with Gasteiger partial charge in [0.2, 0.25) is 0 Å². The van der Waals surface area contributed by atoms with Gasteiger partial charge >= 0.3 is 0 Å². The predicted octanol–water partition coefficient (Wildman–Crippen LogP) is 4.44. The van der Waals surface area contributed by atoms with Gasteiger partial charge in [-0.25, -0.2) is 4.98 Å². The zero-order valence-corrected chi connectivity index (χ0v) is 12.0. The first-order chi connectivity index (χ1) is 9.88. The number of halogens is 1.